The zero-order chi connectivity index (χ0) is 18.8. The highest BCUT2D eigenvalue weighted by atomic mass is 16.6. The fourth-order valence-corrected chi connectivity index (χ4v) is 2.96. The van der Waals surface area contributed by atoms with Crippen molar-refractivity contribution in [1.29, 1.82) is 0 Å². The van der Waals surface area contributed by atoms with E-state index in [4.69, 9.17) is 0 Å². The summed E-state index contributed by atoms with van der Waals surface area (Å²) in [5.74, 6) is -0.264. The van der Waals surface area contributed by atoms with E-state index >= 15 is 0 Å². The summed E-state index contributed by atoms with van der Waals surface area (Å²) in [5, 5.41) is 18.2. The number of benzene rings is 1. The number of H-pyrrole nitrogens is 1. The maximum atomic E-state index is 12.8. The van der Waals surface area contributed by atoms with Crippen LogP contribution in [0.15, 0.2) is 18.2 Å². The highest BCUT2D eigenvalue weighted by Crippen LogP contribution is 2.23. The minimum Gasteiger partial charge on any atom is -0.338 e. The molecule has 10 nitrogen and oxygen atoms in total. The summed E-state index contributed by atoms with van der Waals surface area (Å²) in [6, 6.07) is 4.25. The number of piperazine rings is 1. The van der Waals surface area contributed by atoms with E-state index < -0.39 is 4.92 Å². The topological polar surface area (TPSA) is 116 Å². The lowest BCUT2D eigenvalue weighted by atomic mass is 10.1. The predicted octanol–water partition coefficient (Wildman–Crippen LogP) is 0.317. The van der Waals surface area contributed by atoms with Crippen molar-refractivity contribution >= 4 is 28.4 Å². The van der Waals surface area contributed by atoms with E-state index in [9.17, 15) is 19.7 Å². The highest BCUT2D eigenvalue weighted by molar-refractivity contribution is 6.05. The van der Waals surface area contributed by atoms with Gasteiger partial charge in [-0.2, -0.15) is 5.10 Å². The number of hydrogen-bond donors (Lipinski definition) is 1. The van der Waals surface area contributed by atoms with Crippen LogP contribution in [0.3, 0.4) is 0 Å². The summed E-state index contributed by atoms with van der Waals surface area (Å²) in [6.07, 6.45) is 0. The van der Waals surface area contributed by atoms with Crippen molar-refractivity contribution < 1.29 is 14.5 Å². The number of hydrogen-bond acceptors (Lipinski definition) is 6. The Morgan fingerprint density at radius 3 is 2.50 bits per heavy atom. The molecule has 1 aromatic carbocycles. The number of nitro groups is 1. The number of likely N-dealkylation sites (N-methyl/N-ethyl adjacent to an activating group) is 1. The second-order valence-electron chi connectivity index (χ2n) is 6.47. The Hall–Kier alpha value is -3.01. The molecule has 2 aromatic rings. The number of non-ortho nitro benzene ring substituents is 1. The Balaban J connectivity index is 1.73. The van der Waals surface area contributed by atoms with Crippen molar-refractivity contribution in [1.82, 2.24) is 24.9 Å². The van der Waals surface area contributed by atoms with Gasteiger partial charge in [-0.05, 0) is 20.2 Å². The molecule has 3 rings (SSSR count). The van der Waals surface area contributed by atoms with Crippen LogP contribution in [-0.4, -0.2) is 88.5 Å². The molecular formula is C16H20N6O4. The minimum absolute atomic E-state index is 0.0305. The second kappa shape index (κ2) is 7.08. The third-order valence-corrected chi connectivity index (χ3v) is 4.33. The van der Waals surface area contributed by atoms with Crippen LogP contribution in [0.2, 0.25) is 0 Å². The molecule has 0 saturated carbocycles. The maximum absolute atomic E-state index is 12.8. The first-order chi connectivity index (χ1) is 12.4. The van der Waals surface area contributed by atoms with Gasteiger partial charge in [0.05, 0.1) is 17.0 Å². The molecule has 1 N–H and O–H groups in total. The lowest BCUT2D eigenvalue weighted by Gasteiger charge is -2.35. The molecule has 1 aliphatic rings. The fourth-order valence-electron chi connectivity index (χ4n) is 2.96. The quantitative estimate of drug-likeness (QED) is 0.620. The van der Waals surface area contributed by atoms with Crippen LogP contribution in [0.5, 0.6) is 0 Å². The first-order valence-electron chi connectivity index (χ1n) is 8.21. The summed E-state index contributed by atoms with van der Waals surface area (Å²) in [5.41, 5.74) is 0.641. The summed E-state index contributed by atoms with van der Waals surface area (Å²) in [6.45, 7) is 2.06. The van der Waals surface area contributed by atoms with Crippen molar-refractivity contribution in [2.24, 2.45) is 0 Å². The van der Waals surface area contributed by atoms with E-state index in [0.29, 0.717) is 43.6 Å². The first kappa shape index (κ1) is 17.8. The molecule has 2 heterocycles. The number of nitro benzene ring substituents is 1. The molecule has 0 bridgehead atoms. The SMILES string of the molecule is CN(C)CC(=O)N1CCN(C(=O)c2n[nH]c3ccc([N+](=O)[O-])cc23)CC1. The highest BCUT2D eigenvalue weighted by Gasteiger charge is 2.27. The zero-order valence-electron chi connectivity index (χ0n) is 14.6. The lowest BCUT2D eigenvalue weighted by molar-refractivity contribution is -0.384. The Morgan fingerprint density at radius 2 is 1.88 bits per heavy atom. The Kier molecular flexibility index (Phi) is 4.85. The van der Waals surface area contributed by atoms with E-state index in [1.165, 1.54) is 18.2 Å². The van der Waals surface area contributed by atoms with Gasteiger partial charge in [0.2, 0.25) is 5.91 Å². The summed E-state index contributed by atoms with van der Waals surface area (Å²) < 4.78 is 0. The second-order valence-corrected chi connectivity index (χ2v) is 6.47. The number of carbonyl (C=O) groups is 2. The summed E-state index contributed by atoms with van der Waals surface area (Å²) in [7, 11) is 3.67. The smallest absolute Gasteiger partial charge is 0.275 e. The van der Waals surface area contributed by atoms with E-state index in [1.54, 1.807) is 9.80 Å². The van der Waals surface area contributed by atoms with Gasteiger partial charge in [0, 0.05) is 43.7 Å². The Labute approximate surface area is 149 Å². The standard InChI is InChI=1S/C16H20N6O4/c1-19(2)10-14(23)20-5-7-21(8-6-20)16(24)15-12-9-11(22(25)26)3-4-13(12)17-18-15/h3-4,9H,5-8,10H2,1-2H3,(H,17,18). The van der Waals surface area contributed by atoms with Crippen molar-refractivity contribution in [2.45, 2.75) is 0 Å². The summed E-state index contributed by atoms with van der Waals surface area (Å²) in [4.78, 5) is 40.5. The lowest BCUT2D eigenvalue weighted by Crippen LogP contribution is -2.52. The number of nitrogens with one attached hydrogen (secondary N) is 1. The predicted molar refractivity (Wildman–Crippen MR) is 93.8 cm³/mol. The average Bonchev–Trinajstić information content (AvgIpc) is 3.03. The molecule has 0 unspecified atom stereocenters. The van der Waals surface area contributed by atoms with Crippen molar-refractivity contribution in [3.8, 4) is 0 Å². The number of fused-ring (bicyclic) bond motifs is 1. The van der Waals surface area contributed by atoms with Crippen LogP contribution < -0.4 is 0 Å². The molecule has 10 heteroatoms. The number of aromatic amines is 1. The van der Waals surface area contributed by atoms with E-state index in [0.717, 1.165) is 0 Å². The molecule has 138 valence electrons. The molecule has 0 spiro atoms. The zero-order valence-corrected chi connectivity index (χ0v) is 14.6. The van der Waals surface area contributed by atoms with Crippen LogP contribution in [0, 0.1) is 10.1 Å². The third-order valence-electron chi connectivity index (χ3n) is 4.33. The van der Waals surface area contributed by atoms with Crippen molar-refractivity contribution in [3.63, 3.8) is 0 Å². The van der Waals surface area contributed by atoms with E-state index in [-0.39, 0.29) is 23.2 Å². The number of nitrogens with zero attached hydrogens (tertiary/aromatic N) is 5. The molecule has 1 saturated heterocycles. The van der Waals surface area contributed by atoms with Gasteiger partial charge in [-0.25, -0.2) is 0 Å². The van der Waals surface area contributed by atoms with Gasteiger partial charge in [-0.3, -0.25) is 24.8 Å². The average molecular weight is 360 g/mol. The first-order valence-corrected chi connectivity index (χ1v) is 8.21. The Bertz CT molecular complexity index is 854. The van der Waals surface area contributed by atoms with Gasteiger partial charge >= 0.3 is 0 Å². The van der Waals surface area contributed by atoms with Gasteiger partial charge in [0.1, 0.15) is 0 Å². The van der Waals surface area contributed by atoms with Gasteiger partial charge in [0.15, 0.2) is 5.69 Å². The van der Waals surface area contributed by atoms with Crippen LogP contribution >= 0.6 is 0 Å². The Morgan fingerprint density at radius 1 is 1.23 bits per heavy atom. The van der Waals surface area contributed by atoms with Crippen LogP contribution in [0.25, 0.3) is 10.9 Å². The molecule has 1 aliphatic heterocycles. The maximum Gasteiger partial charge on any atom is 0.275 e. The number of amides is 2. The molecule has 0 atom stereocenters. The normalized spacial score (nSPS) is 14.9. The van der Waals surface area contributed by atoms with Crippen molar-refractivity contribution in [2.75, 3.05) is 46.8 Å². The number of carbonyl (C=O) groups excluding carboxylic acids is 2. The van der Waals surface area contributed by atoms with Gasteiger partial charge in [0.25, 0.3) is 11.6 Å². The molecule has 0 radical (unpaired) electrons. The van der Waals surface area contributed by atoms with E-state index in [2.05, 4.69) is 10.2 Å². The van der Waals surface area contributed by atoms with E-state index in [1.807, 2.05) is 19.0 Å². The molecule has 1 fully saturated rings. The van der Waals surface area contributed by atoms with Gasteiger partial charge < -0.3 is 14.7 Å². The molecule has 1 aromatic heterocycles. The largest absolute Gasteiger partial charge is 0.338 e. The van der Waals surface area contributed by atoms with Crippen LogP contribution in [-0.2, 0) is 4.79 Å². The van der Waals surface area contributed by atoms with Gasteiger partial charge in [-0.15, -0.1) is 0 Å². The van der Waals surface area contributed by atoms with Crippen LogP contribution in [0.4, 0.5) is 5.69 Å². The summed E-state index contributed by atoms with van der Waals surface area (Å²) >= 11 is 0. The molecule has 26 heavy (non-hydrogen) atoms. The minimum atomic E-state index is -0.504. The number of aromatic nitrogens is 2. The molecule has 0 aliphatic carbocycles. The number of rotatable bonds is 4. The fraction of sp³-hybridized carbons (Fsp3) is 0.438. The van der Waals surface area contributed by atoms with Crippen molar-refractivity contribution in [3.05, 3.63) is 34.0 Å². The van der Waals surface area contributed by atoms with Gasteiger partial charge in [-0.1, -0.05) is 0 Å². The van der Waals surface area contributed by atoms with Crippen LogP contribution in [0.1, 0.15) is 10.5 Å². The molecular weight excluding hydrogens is 340 g/mol. The third kappa shape index (κ3) is 3.49. The molecule has 2 amide bonds. The monoisotopic (exact) mass is 360 g/mol.